The van der Waals surface area contributed by atoms with Gasteiger partial charge in [-0.3, -0.25) is 13.8 Å². The molecule has 0 heterocycles. The van der Waals surface area contributed by atoms with Gasteiger partial charge in [0.05, 0.1) is 34.4 Å². The number of allylic oxidation sites excluding steroid dienone is 4. The van der Waals surface area contributed by atoms with E-state index in [1.54, 1.807) is 0 Å². The van der Waals surface area contributed by atoms with Crippen LogP contribution in [0.25, 0.3) is 0 Å². The zero-order valence-electron chi connectivity index (χ0n) is 42.6. The lowest BCUT2D eigenvalue weighted by Gasteiger charge is -2.24. The average molecular weight is 913 g/mol. The predicted octanol–water partition coefficient (Wildman–Crippen LogP) is 16.7. The van der Waals surface area contributed by atoms with E-state index in [1.165, 1.54) is 199 Å². The van der Waals surface area contributed by atoms with E-state index in [2.05, 4.69) is 38.2 Å². The van der Waals surface area contributed by atoms with Crippen molar-refractivity contribution in [2.45, 2.75) is 264 Å². The van der Waals surface area contributed by atoms with Gasteiger partial charge in [0.1, 0.15) is 19.3 Å². The van der Waals surface area contributed by atoms with Crippen LogP contribution in [-0.2, 0) is 27.9 Å². The van der Waals surface area contributed by atoms with Crippen molar-refractivity contribution in [3.8, 4) is 0 Å². The molecule has 0 aromatic heterocycles. The molecule has 0 spiro atoms. The van der Waals surface area contributed by atoms with Crippen LogP contribution in [-0.4, -0.2) is 75.6 Å². The highest BCUT2D eigenvalue weighted by Crippen LogP contribution is 2.43. The van der Waals surface area contributed by atoms with Crippen LogP contribution in [0.1, 0.15) is 258 Å². The van der Waals surface area contributed by atoms with Gasteiger partial charge in [0.15, 0.2) is 0 Å². The number of hydrogen-bond donors (Lipinski definition) is 1. The molecule has 2 unspecified atom stereocenters. The van der Waals surface area contributed by atoms with Crippen molar-refractivity contribution in [3.05, 3.63) is 24.3 Å². The standard InChI is InChI=1S/C54H106NO7P/c1-6-8-10-12-14-16-18-20-22-23-24-25-26-27-28-29-30-31-32-34-36-38-40-42-44-46-49-59-51-53(52-61-63(57,58)60-50-48-55(3,4)5)62-54(56)47-45-43-41-39-37-35-33-21-19-17-15-13-11-9-7-2/h18,20,23-24,53H,6-17,19,21-22,25-52H2,1-5H3/p+1/b20-18-,24-23-. The summed E-state index contributed by atoms with van der Waals surface area (Å²) in [6.45, 7) is 5.67. The fraction of sp³-hybridized carbons (Fsp3) is 0.907. The maximum Gasteiger partial charge on any atom is 0.472 e. The number of carbonyl (C=O) groups excluding carboxylic acids is 1. The van der Waals surface area contributed by atoms with Crippen LogP contribution in [0.15, 0.2) is 24.3 Å². The summed E-state index contributed by atoms with van der Waals surface area (Å²) in [5.41, 5.74) is 0. The summed E-state index contributed by atoms with van der Waals surface area (Å²) in [6, 6.07) is 0. The summed E-state index contributed by atoms with van der Waals surface area (Å²) >= 11 is 0. The Hall–Kier alpha value is -1.02. The van der Waals surface area contributed by atoms with Crippen LogP contribution < -0.4 is 0 Å². The highest BCUT2D eigenvalue weighted by Gasteiger charge is 2.26. The van der Waals surface area contributed by atoms with E-state index in [0.29, 0.717) is 24.1 Å². The lowest BCUT2D eigenvalue weighted by molar-refractivity contribution is -0.870. The number of quaternary nitrogens is 1. The van der Waals surface area contributed by atoms with Gasteiger partial charge in [0, 0.05) is 13.0 Å². The first-order valence-electron chi connectivity index (χ1n) is 27.1. The van der Waals surface area contributed by atoms with E-state index >= 15 is 0 Å². The molecule has 0 fully saturated rings. The molecule has 0 saturated carbocycles. The zero-order chi connectivity index (χ0) is 46.2. The number of rotatable bonds is 51. The molecular weight excluding hydrogens is 806 g/mol. The topological polar surface area (TPSA) is 91.3 Å². The number of likely N-dealkylation sites (N-methyl/N-ethyl adjacent to an activating group) is 1. The second-order valence-electron chi connectivity index (χ2n) is 19.6. The molecule has 0 amide bonds. The molecular formula is C54H107NO7P+. The summed E-state index contributed by atoms with van der Waals surface area (Å²) in [5, 5.41) is 0. The second kappa shape index (κ2) is 47.5. The van der Waals surface area contributed by atoms with Crippen molar-refractivity contribution in [2.75, 3.05) is 54.1 Å². The van der Waals surface area contributed by atoms with E-state index < -0.39 is 13.9 Å². The lowest BCUT2D eigenvalue weighted by Crippen LogP contribution is -2.37. The Kier molecular flexibility index (Phi) is 46.7. The lowest BCUT2D eigenvalue weighted by atomic mass is 10.0. The van der Waals surface area contributed by atoms with Gasteiger partial charge < -0.3 is 18.9 Å². The molecule has 374 valence electrons. The molecule has 0 radical (unpaired) electrons. The Morgan fingerprint density at radius 3 is 1.29 bits per heavy atom. The normalized spacial score (nSPS) is 13.7. The zero-order valence-corrected chi connectivity index (χ0v) is 43.5. The van der Waals surface area contributed by atoms with Crippen LogP contribution in [0.5, 0.6) is 0 Å². The Balaban J connectivity index is 4.02. The first kappa shape index (κ1) is 62.0. The first-order valence-corrected chi connectivity index (χ1v) is 28.6. The van der Waals surface area contributed by atoms with Gasteiger partial charge in [-0.1, -0.05) is 231 Å². The van der Waals surface area contributed by atoms with Crippen molar-refractivity contribution < 1.29 is 37.3 Å². The first-order chi connectivity index (χ1) is 30.6. The summed E-state index contributed by atoms with van der Waals surface area (Å²) in [4.78, 5) is 23.0. The average Bonchev–Trinajstić information content (AvgIpc) is 3.24. The number of phosphoric acid groups is 1. The third-order valence-corrected chi connectivity index (χ3v) is 13.0. The third-order valence-electron chi connectivity index (χ3n) is 12.0. The van der Waals surface area contributed by atoms with Gasteiger partial charge >= 0.3 is 13.8 Å². The fourth-order valence-electron chi connectivity index (χ4n) is 7.82. The highest BCUT2D eigenvalue weighted by atomic mass is 31.2. The number of unbranched alkanes of at least 4 members (excludes halogenated alkanes) is 33. The van der Waals surface area contributed by atoms with Gasteiger partial charge in [-0.2, -0.15) is 0 Å². The van der Waals surface area contributed by atoms with Crippen LogP contribution in [0.4, 0.5) is 0 Å². The quantitative estimate of drug-likeness (QED) is 0.0214. The van der Waals surface area contributed by atoms with Gasteiger partial charge in [-0.05, 0) is 44.9 Å². The molecule has 0 aliphatic rings. The Morgan fingerprint density at radius 1 is 0.492 bits per heavy atom. The van der Waals surface area contributed by atoms with Gasteiger partial charge in [-0.25, -0.2) is 4.57 Å². The molecule has 0 aromatic carbocycles. The van der Waals surface area contributed by atoms with E-state index in [-0.39, 0.29) is 25.8 Å². The molecule has 0 aliphatic heterocycles. The van der Waals surface area contributed by atoms with E-state index in [0.717, 1.165) is 38.5 Å². The van der Waals surface area contributed by atoms with Crippen LogP contribution in [0.3, 0.4) is 0 Å². The number of nitrogens with zero attached hydrogens (tertiary/aromatic N) is 1. The molecule has 8 nitrogen and oxygen atoms in total. The Bertz CT molecular complexity index is 1060. The van der Waals surface area contributed by atoms with Crippen molar-refractivity contribution >= 4 is 13.8 Å². The molecule has 0 saturated heterocycles. The van der Waals surface area contributed by atoms with E-state index in [4.69, 9.17) is 18.5 Å². The number of carbonyl (C=O) groups is 1. The molecule has 0 bridgehead atoms. The number of hydrogen-bond acceptors (Lipinski definition) is 6. The maximum absolute atomic E-state index is 12.8. The monoisotopic (exact) mass is 913 g/mol. The van der Waals surface area contributed by atoms with Crippen molar-refractivity contribution in [3.63, 3.8) is 0 Å². The minimum atomic E-state index is -4.28. The summed E-state index contributed by atoms with van der Waals surface area (Å²) in [7, 11) is 1.68. The van der Waals surface area contributed by atoms with Crippen LogP contribution in [0.2, 0.25) is 0 Å². The van der Waals surface area contributed by atoms with Crippen LogP contribution in [0, 0.1) is 0 Å². The van der Waals surface area contributed by atoms with Crippen molar-refractivity contribution in [2.24, 2.45) is 0 Å². The summed E-state index contributed by atoms with van der Waals surface area (Å²) in [5.74, 6) is -0.308. The Labute approximate surface area is 392 Å². The molecule has 0 rings (SSSR count). The molecule has 2 atom stereocenters. The van der Waals surface area contributed by atoms with Crippen molar-refractivity contribution in [1.29, 1.82) is 0 Å². The summed E-state index contributed by atoms with van der Waals surface area (Å²) in [6.07, 6.45) is 56.6. The van der Waals surface area contributed by atoms with Gasteiger partial charge in [-0.15, -0.1) is 0 Å². The molecule has 0 aliphatic carbocycles. The summed E-state index contributed by atoms with van der Waals surface area (Å²) < 4.78 is 35.2. The molecule has 0 aromatic rings. The largest absolute Gasteiger partial charge is 0.472 e. The van der Waals surface area contributed by atoms with E-state index in [9.17, 15) is 14.3 Å². The molecule has 63 heavy (non-hydrogen) atoms. The molecule has 9 heteroatoms. The number of ether oxygens (including phenoxy) is 2. The fourth-order valence-corrected chi connectivity index (χ4v) is 8.56. The molecule has 1 N–H and O–H groups in total. The SMILES string of the molecule is CCCCCCC/C=C\C/C=C\CCCCCCCCCCCCCCCCOCC(COP(=O)(O)OCC[N+](C)(C)C)OC(=O)CCCCCCCCCCCCCCCCC. The number of phosphoric ester groups is 1. The minimum Gasteiger partial charge on any atom is -0.457 e. The maximum atomic E-state index is 12.8. The van der Waals surface area contributed by atoms with Crippen molar-refractivity contribution in [1.82, 2.24) is 0 Å². The highest BCUT2D eigenvalue weighted by molar-refractivity contribution is 7.47. The third kappa shape index (κ3) is 51.8. The Morgan fingerprint density at radius 2 is 0.873 bits per heavy atom. The smallest absolute Gasteiger partial charge is 0.457 e. The van der Waals surface area contributed by atoms with Gasteiger partial charge in [0.2, 0.25) is 0 Å². The minimum absolute atomic E-state index is 0.0915. The van der Waals surface area contributed by atoms with Crippen LogP contribution >= 0.6 is 7.82 Å². The predicted molar refractivity (Wildman–Crippen MR) is 270 cm³/mol. The van der Waals surface area contributed by atoms with Gasteiger partial charge in [0.25, 0.3) is 0 Å². The second-order valence-corrected chi connectivity index (χ2v) is 21.1. The number of esters is 1. The van der Waals surface area contributed by atoms with E-state index in [1.807, 2.05) is 21.1 Å².